The Balaban J connectivity index is 1.18. The van der Waals surface area contributed by atoms with Gasteiger partial charge in [0.05, 0.1) is 0 Å². The predicted molar refractivity (Wildman–Crippen MR) is 174 cm³/mol. The average Bonchev–Trinajstić information content (AvgIpc) is 3.47. The van der Waals surface area contributed by atoms with Crippen molar-refractivity contribution in [3.63, 3.8) is 0 Å². The maximum atomic E-state index is 13.0. The molecule has 1 atom stereocenters. The molecular weight excluding hydrogens is 533 g/mol. The van der Waals surface area contributed by atoms with Gasteiger partial charge in [0, 0.05) is 35.2 Å². The van der Waals surface area contributed by atoms with Gasteiger partial charge in [0.25, 0.3) is 5.91 Å². The van der Waals surface area contributed by atoms with Crippen LogP contribution in [0.5, 0.6) is 0 Å². The third-order valence-corrected chi connectivity index (χ3v) is 11.4. The Kier molecular flexibility index (Phi) is 11.0. The van der Waals surface area contributed by atoms with Crippen LogP contribution in [-0.2, 0) is 10.8 Å². The van der Waals surface area contributed by atoms with Gasteiger partial charge in [-0.2, -0.15) is 0 Å². The number of rotatable bonds is 13. The van der Waals surface area contributed by atoms with E-state index >= 15 is 0 Å². The Morgan fingerprint density at radius 3 is 2.33 bits per heavy atom. The lowest BCUT2D eigenvalue weighted by Crippen LogP contribution is -2.34. The van der Waals surface area contributed by atoms with Crippen LogP contribution >= 0.6 is 21.6 Å². The first kappa shape index (κ1) is 30.9. The Labute approximate surface area is 249 Å². The Morgan fingerprint density at radius 1 is 0.875 bits per heavy atom. The number of fused-ring (bicyclic) bond motifs is 1. The minimum Gasteiger partial charge on any atom is -0.351 e. The summed E-state index contributed by atoms with van der Waals surface area (Å²) in [7, 11) is 4.09. The van der Waals surface area contributed by atoms with Crippen LogP contribution in [0.2, 0.25) is 0 Å². The number of ketones is 1. The van der Waals surface area contributed by atoms with Gasteiger partial charge in [-0.05, 0) is 90.4 Å². The molecule has 1 saturated heterocycles. The monoisotopic (exact) mass is 578 g/mol. The van der Waals surface area contributed by atoms with Crippen LogP contribution in [0.1, 0.15) is 110 Å². The number of allylic oxidation sites excluding steroid dienone is 1. The van der Waals surface area contributed by atoms with E-state index in [1.54, 1.807) is 6.08 Å². The molecular formula is C34H46N2O2S2. The first-order chi connectivity index (χ1) is 19.2. The predicted octanol–water partition coefficient (Wildman–Crippen LogP) is 7.97. The average molecular weight is 579 g/mol. The van der Waals surface area contributed by atoms with E-state index in [4.69, 9.17) is 0 Å². The molecule has 0 radical (unpaired) electrons. The topological polar surface area (TPSA) is 58.2 Å². The number of hydrogen-bond donors (Lipinski definition) is 2. The second kappa shape index (κ2) is 14.2. The van der Waals surface area contributed by atoms with E-state index < -0.39 is 0 Å². The van der Waals surface area contributed by atoms with Crippen molar-refractivity contribution in [2.24, 2.45) is 0 Å². The molecule has 6 heteroatoms. The Morgan fingerprint density at radius 2 is 1.60 bits per heavy atom. The lowest BCUT2D eigenvalue weighted by molar-refractivity contribution is 0.0953. The van der Waals surface area contributed by atoms with Crippen molar-refractivity contribution < 1.29 is 9.59 Å². The summed E-state index contributed by atoms with van der Waals surface area (Å²) in [5.41, 5.74) is 5.12. The molecule has 4 nitrogen and oxygen atoms in total. The second-order valence-corrected chi connectivity index (χ2v) is 15.3. The molecule has 2 N–H and O–H groups in total. The third-order valence-electron chi connectivity index (χ3n) is 8.43. The zero-order chi connectivity index (χ0) is 28.6. The smallest absolute Gasteiger partial charge is 0.251 e. The van der Waals surface area contributed by atoms with Gasteiger partial charge in [0.2, 0.25) is 0 Å². The van der Waals surface area contributed by atoms with E-state index in [9.17, 15) is 9.59 Å². The van der Waals surface area contributed by atoms with Crippen molar-refractivity contribution in [3.05, 3.63) is 76.4 Å². The van der Waals surface area contributed by atoms with E-state index in [-0.39, 0.29) is 22.5 Å². The zero-order valence-corrected chi connectivity index (χ0v) is 26.3. The van der Waals surface area contributed by atoms with Crippen LogP contribution in [0.15, 0.2) is 48.5 Å². The molecule has 0 unspecified atom stereocenters. The van der Waals surface area contributed by atoms with Crippen molar-refractivity contribution >= 4 is 39.4 Å². The third kappa shape index (κ3) is 8.50. The van der Waals surface area contributed by atoms with Gasteiger partial charge in [-0.1, -0.05) is 92.5 Å². The van der Waals surface area contributed by atoms with Crippen molar-refractivity contribution in [1.82, 2.24) is 10.6 Å². The number of unbranched alkanes of at least 4 members (excludes halogenated alkanes) is 2. The number of hydrogen-bond acceptors (Lipinski definition) is 5. The minimum atomic E-state index is -0.0695. The maximum Gasteiger partial charge on any atom is 0.251 e. The standard InChI is InChI=1S/C34H46N2O2S2/c1-33(2)18-19-34(3,4)30-24-27(14-15-29(30)33)31(37)16-11-25-9-12-26(13-10-25)32(38)36-22-21-35-20-7-5-6-8-28-17-23-39-40-28/h9-16,24,28,35H,5-8,17-23H2,1-4H3,(H,36,38)/b16-11+/t28-/m1/s1. The van der Waals surface area contributed by atoms with E-state index in [0.717, 1.165) is 42.3 Å². The number of nitrogens with one attached hydrogen (secondary N) is 2. The highest BCUT2D eigenvalue weighted by Gasteiger charge is 2.37. The molecule has 0 aromatic heterocycles. The van der Waals surface area contributed by atoms with Crippen LogP contribution in [0.25, 0.3) is 6.08 Å². The molecule has 1 fully saturated rings. The lowest BCUT2D eigenvalue weighted by atomic mass is 9.63. The summed E-state index contributed by atoms with van der Waals surface area (Å²) in [5, 5.41) is 7.29. The highest BCUT2D eigenvalue weighted by molar-refractivity contribution is 8.77. The molecule has 2 aromatic carbocycles. The van der Waals surface area contributed by atoms with Crippen LogP contribution in [0, 0.1) is 0 Å². The molecule has 1 aliphatic carbocycles. The zero-order valence-electron chi connectivity index (χ0n) is 24.7. The van der Waals surface area contributed by atoms with Crippen molar-refractivity contribution in [2.75, 3.05) is 25.4 Å². The largest absolute Gasteiger partial charge is 0.351 e. The molecule has 2 aliphatic rings. The summed E-state index contributed by atoms with van der Waals surface area (Å²) in [5.74, 6) is 1.25. The Bertz CT molecular complexity index is 1180. The summed E-state index contributed by atoms with van der Waals surface area (Å²) >= 11 is 0. The fraction of sp³-hybridized carbons (Fsp3) is 0.529. The molecule has 216 valence electrons. The molecule has 1 aliphatic heterocycles. The van der Waals surface area contributed by atoms with Crippen molar-refractivity contribution in [2.45, 2.75) is 88.7 Å². The number of carbonyl (C=O) groups excluding carboxylic acids is 2. The van der Waals surface area contributed by atoms with Gasteiger partial charge >= 0.3 is 0 Å². The molecule has 40 heavy (non-hydrogen) atoms. The van der Waals surface area contributed by atoms with Gasteiger partial charge in [-0.25, -0.2) is 0 Å². The van der Waals surface area contributed by atoms with Gasteiger partial charge in [-0.15, -0.1) is 0 Å². The van der Waals surface area contributed by atoms with Gasteiger partial charge in [0.1, 0.15) is 0 Å². The summed E-state index contributed by atoms with van der Waals surface area (Å²) in [4.78, 5) is 25.5. The van der Waals surface area contributed by atoms with E-state index in [1.807, 2.05) is 47.2 Å². The fourth-order valence-electron chi connectivity index (χ4n) is 5.61. The molecule has 1 amide bonds. The van der Waals surface area contributed by atoms with Gasteiger partial charge in [0.15, 0.2) is 5.78 Å². The fourth-order valence-corrected chi connectivity index (χ4v) is 8.64. The molecule has 0 spiro atoms. The molecule has 4 rings (SSSR count). The highest BCUT2D eigenvalue weighted by Crippen LogP contribution is 2.46. The van der Waals surface area contributed by atoms with Crippen LogP contribution in [-0.4, -0.2) is 42.3 Å². The van der Waals surface area contributed by atoms with Crippen LogP contribution < -0.4 is 10.6 Å². The lowest BCUT2D eigenvalue weighted by Gasteiger charge is -2.42. The highest BCUT2D eigenvalue weighted by atomic mass is 33.1. The van der Waals surface area contributed by atoms with E-state index in [0.29, 0.717) is 12.1 Å². The van der Waals surface area contributed by atoms with Crippen molar-refractivity contribution in [1.29, 1.82) is 0 Å². The summed E-state index contributed by atoms with van der Waals surface area (Å²) in [6.45, 7) is 11.5. The van der Waals surface area contributed by atoms with E-state index in [2.05, 4.69) is 61.3 Å². The summed E-state index contributed by atoms with van der Waals surface area (Å²) in [6.07, 6.45) is 12.3. The van der Waals surface area contributed by atoms with Gasteiger partial charge < -0.3 is 10.6 Å². The quantitative estimate of drug-likeness (QED) is 0.109. The van der Waals surface area contributed by atoms with Gasteiger partial charge in [-0.3, -0.25) is 9.59 Å². The Hall–Kier alpha value is -2.02. The number of amides is 1. The number of carbonyl (C=O) groups is 2. The van der Waals surface area contributed by atoms with Crippen LogP contribution in [0.4, 0.5) is 0 Å². The van der Waals surface area contributed by atoms with Crippen molar-refractivity contribution in [3.8, 4) is 0 Å². The first-order valence-electron chi connectivity index (χ1n) is 14.9. The normalized spacial score (nSPS) is 19.4. The molecule has 0 bridgehead atoms. The molecule has 0 saturated carbocycles. The first-order valence-corrected chi connectivity index (χ1v) is 17.3. The second-order valence-electron chi connectivity index (χ2n) is 12.5. The summed E-state index contributed by atoms with van der Waals surface area (Å²) < 4.78 is 0. The number of benzene rings is 2. The van der Waals surface area contributed by atoms with E-state index in [1.165, 1.54) is 49.0 Å². The van der Waals surface area contributed by atoms with Crippen LogP contribution in [0.3, 0.4) is 0 Å². The maximum absolute atomic E-state index is 13.0. The minimum absolute atomic E-state index is 0.00298. The SMILES string of the molecule is CC1(C)CCC(C)(C)c2cc(C(=O)/C=C/c3ccc(C(=O)NCCNCCCCC[C@@H]4CCSS4)cc3)ccc21. The molecule has 2 aromatic rings. The molecule has 1 heterocycles. The summed E-state index contributed by atoms with van der Waals surface area (Å²) in [6, 6.07) is 13.6.